The van der Waals surface area contributed by atoms with Crippen molar-refractivity contribution in [3.63, 3.8) is 0 Å². The number of nitrogens with one attached hydrogen (secondary N) is 1. The molecule has 3 aromatic rings. The molecule has 30 heavy (non-hydrogen) atoms. The molecule has 0 fully saturated rings. The molecule has 0 saturated carbocycles. The minimum atomic E-state index is -0.471. The Balaban J connectivity index is 1.99. The molecule has 0 radical (unpaired) electrons. The lowest BCUT2D eigenvalue weighted by Crippen LogP contribution is -2.30. The molecular formula is C23H26FN3O3. The summed E-state index contributed by atoms with van der Waals surface area (Å²) in [5, 5.41) is 7.48. The van der Waals surface area contributed by atoms with Gasteiger partial charge in [-0.05, 0) is 63.6 Å². The average Bonchev–Trinajstić information content (AvgIpc) is 3.03. The van der Waals surface area contributed by atoms with Crippen LogP contribution >= 0.6 is 0 Å². The number of methoxy groups -OCH3 is 1. The first kappa shape index (κ1) is 21.4. The summed E-state index contributed by atoms with van der Waals surface area (Å²) in [7, 11) is 1.60. The highest BCUT2D eigenvalue weighted by Gasteiger charge is 2.21. The SMILES string of the molecule is COc1ccc(-n2nc(C)c(CCC(=O)NC(C)C)c2Oc2ccccc2F)cc1. The molecule has 2 aromatic carbocycles. The molecule has 158 valence electrons. The second kappa shape index (κ2) is 9.43. The zero-order valence-corrected chi connectivity index (χ0v) is 17.6. The Morgan fingerprint density at radius 3 is 2.50 bits per heavy atom. The lowest BCUT2D eigenvalue weighted by molar-refractivity contribution is -0.121. The van der Waals surface area contributed by atoms with E-state index >= 15 is 0 Å². The van der Waals surface area contributed by atoms with E-state index in [1.807, 2.05) is 45.0 Å². The predicted octanol–water partition coefficient (Wildman–Crippen LogP) is 4.58. The van der Waals surface area contributed by atoms with E-state index in [2.05, 4.69) is 10.4 Å². The van der Waals surface area contributed by atoms with Gasteiger partial charge < -0.3 is 14.8 Å². The third kappa shape index (κ3) is 4.97. The fourth-order valence-electron chi connectivity index (χ4n) is 3.09. The number of halogens is 1. The normalized spacial score (nSPS) is 10.9. The number of rotatable bonds is 8. The number of benzene rings is 2. The molecule has 0 aliphatic rings. The van der Waals surface area contributed by atoms with Crippen LogP contribution in [0.4, 0.5) is 4.39 Å². The van der Waals surface area contributed by atoms with Crippen LogP contribution in [0.5, 0.6) is 17.4 Å². The first-order chi connectivity index (χ1) is 14.4. The molecule has 0 spiro atoms. The van der Waals surface area contributed by atoms with Crippen molar-refractivity contribution >= 4 is 5.91 Å². The van der Waals surface area contributed by atoms with E-state index < -0.39 is 5.82 Å². The van der Waals surface area contributed by atoms with Crippen molar-refractivity contribution in [3.8, 4) is 23.1 Å². The Kier molecular flexibility index (Phi) is 6.72. The second-order valence-corrected chi connectivity index (χ2v) is 7.23. The molecule has 7 heteroatoms. The van der Waals surface area contributed by atoms with Crippen LogP contribution in [-0.4, -0.2) is 28.8 Å². The summed E-state index contributed by atoms with van der Waals surface area (Å²) in [4.78, 5) is 12.2. The molecule has 3 rings (SSSR count). The van der Waals surface area contributed by atoms with Crippen LogP contribution in [0.3, 0.4) is 0 Å². The highest BCUT2D eigenvalue weighted by molar-refractivity contribution is 5.76. The number of aromatic nitrogens is 2. The molecule has 0 bridgehead atoms. The number of carbonyl (C=O) groups excluding carboxylic acids is 1. The molecule has 0 saturated heterocycles. The molecule has 0 unspecified atom stereocenters. The highest BCUT2D eigenvalue weighted by atomic mass is 19.1. The van der Waals surface area contributed by atoms with Gasteiger partial charge in [-0.1, -0.05) is 12.1 Å². The number of carbonyl (C=O) groups is 1. The van der Waals surface area contributed by atoms with Crippen molar-refractivity contribution in [2.45, 2.75) is 39.7 Å². The summed E-state index contributed by atoms with van der Waals surface area (Å²) >= 11 is 0. The monoisotopic (exact) mass is 411 g/mol. The number of amides is 1. The Bertz CT molecular complexity index is 1010. The summed E-state index contributed by atoms with van der Waals surface area (Å²) in [5.41, 5.74) is 2.21. The molecule has 1 aromatic heterocycles. The molecule has 0 aliphatic heterocycles. The molecule has 1 amide bonds. The average molecular weight is 411 g/mol. The lowest BCUT2D eigenvalue weighted by atomic mass is 10.1. The maximum Gasteiger partial charge on any atom is 0.226 e. The zero-order valence-electron chi connectivity index (χ0n) is 17.6. The largest absolute Gasteiger partial charge is 0.497 e. The van der Waals surface area contributed by atoms with Crippen molar-refractivity contribution in [1.29, 1.82) is 0 Å². The van der Waals surface area contributed by atoms with E-state index in [4.69, 9.17) is 9.47 Å². The summed E-state index contributed by atoms with van der Waals surface area (Å²) < 4.78 is 27.1. The number of nitrogens with zero attached hydrogens (tertiary/aromatic N) is 2. The Hall–Kier alpha value is -3.35. The van der Waals surface area contributed by atoms with Gasteiger partial charge in [-0.25, -0.2) is 9.07 Å². The first-order valence-electron chi connectivity index (χ1n) is 9.83. The molecular weight excluding hydrogens is 385 g/mol. The standard InChI is InChI=1S/C23H26FN3O3/c1-15(2)25-22(28)14-13-19-16(3)26-27(17-9-11-18(29-4)12-10-17)23(19)30-21-8-6-5-7-20(21)24/h5-12,15H,13-14H2,1-4H3,(H,25,28). The van der Waals surface area contributed by atoms with E-state index in [0.29, 0.717) is 18.1 Å². The molecule has 6 nitrogen and oxygen atoms in total. The van der Waals surface area contributed by atoms with Crippen molar-refractivity contribution in [1.82, 2.24) is 15.1 Å². The van der Waals surface area contributed by atoms with Crippen LogP contribution in [0.15, 0.2) is 48.5 Å². The van der Waals surface area contributed by atoms with Gasteiger partial charge in [0.2, 0.25) is 11.8 Å². The van der Waals surface area contributed by atoms with Gasteiger partial charge in [-0.2, -0.15) is 5.10 Å². The number of hydrogen-bond donors (Lipinski definition) is 1. The van der Waals surface area contributed by atoms with Gasteiger partial charge in [0.25, 0.3) is 0 Å². The summed E-state index contributed by atoms with van der Waals surface area (Å²) in [6.07, 6.45) is 0.700. The van der Waals surface area contributed by atoms with Gasteiger partial charge in [0.15, 0.2) is 11.6 Å². The van der Waals surface area contributed by atoms with Crippen LogP contribution in [-0.2, 0) is 11.2 Å². The number of hydrogen-bond acceptors (Lipinski definition) is 4. The van der Waals surface area contributed by atoms with E-state index in [1.165, 1.54) is 6.07 Å². The fourth-order valence-corrected chi connectivity index (χ4v) is 3.09. The van der Waals surface area contributed by atoms with Crippen molar-refractivity contribution in [3.05, 3.63) is 65.6 Å². The third-order valence-electron chi connectivity index (χ3n) is 4.55. The molecule has 0 aliphatic carbocycles. The van der Waals surface area contributed by atoms with Crippen LogP contribution < -0.4 is 14.8 Å². The summed E-state index contributed by atoms with van der Waals surface area (Å²) in [6, 6.07) is 13.6. The Labute approximate surface area is 175 Å². The van der Waals surface area contributed by atoms with Crippen LogP contribution in [0.2, 0.25) is 0 Å². The topological polar surface area (TPSA) is 65.4 Å². The maximum atomic E-state index is 14.3. The van der Waals surface area contributed by atoms with Gasteiger partial charge in [0.1, 0.15) is 5.75 Å². The van der Waals surface area contributed by atoms with Crippen LogP contribution in [0, 0.1) is 12.7 Å². The Morgan fingerprint density at radius 2 is 1.87 bits per heavy atom. The summed E-state index contributed by atoms with van der Waals surface area (Å²) in [6.45, 7) is 5.68. The summed E-state index contributed by atoms with van der Waals surface area (Å²) in [5.74, 6) is 0.671. The van der Waals surface area contributed by atoms with Crippen molar-refractivity contribution in [2.24, 2.45) is 0 Å². The van der Waals surface area contributed by atoms with Crippen molar-refractivity contribution in [2.75, 3.05) is 7.11 Å². The fraction of sp³-hybridized carbons (Fsp3) is 0.304. The number of ether oxygens (including phenoxy) is 2. The zero-order chi connectivity index (χ0) is 21.7. The molecule has 0 atom stereocenters. The first-order valence-corrected chi connectivity index (χ1v) is 9.83. The van der Waals surface area contributed by atoms with Gasteiger partial charge in [0.05, 0.1) is 18.5 Å². The molecule has 1 N–H and O–H groups in total. The van der Waals surface area contributed by atoms with Crippen LogP contribution in [0.25, 0.3) is 5.69 Å². The predicted molar refractivity (Wildman–Crippen MR) is 113 cm³/mol. The highest BCUT2D eigenvalue weighted by Crippen LogP contribution is 2.33. The van der Waals surface area contributed by atoms with E-state index in [0.717, 1.165) is 16.9 Å². The van der Waals surface area contributed by atoms with Crippen LogP contribution in [0.1, 0.15) is 31.5 Å². The third-order valence-corrected chi connectivity index (χ3v) is 4.55. The second-order valence-electron chi connectivity index (χ2n) is 7.23. The van der Waals surface area contributed by atoms with Gasteiger partial charge in [-0.3, -0.25) is 4.79 Å². The minimum absolute atomic E-state index is 0.0570. The lowest BCUT2D eigenvalue weighted by Gasteiger charge is -2.13. The van der Waals surface area contributed by atoms with Gasteiger partial charge in [-0.15, -0.1) is 0 Å². The van der Waals surface area contributed by atoms with E-state index in [-0.39, 0.29) is 24.1 Å². The number of para-hydroxylation sites is 1. The van der Waals surface area contributed by atoms with Crippen molar-refractivity contribution < 1.29 is 18.7 Å². The smallest absolute Gasteiger partial charge is 0.226 e. The molecule has 1 heterocycles. The quantitative estimate of drug-likeness (QED) is 0.589. The van der Waals surface area contributed by atoms with E-state index in [1.54, 1.807) is 30.0 Å². The van der Waals surface area contributed by atoms with E-state index in [9.17, 15) is 9.18 Å². The van der Waals surface area contributed by atoms with Gasteiger partial charge >= 0.3 is 0 Å². The Morgan fingerprint density at radius 1 is 1.17 bits per heavy atom. The maximum absolute atomic E-state index is 14.3. The minimum Gasteiger partial charge on any atom is -0.497 e. The number of aryl methyl sites for hydroxylation is 1. The van der Waals surface area contributed by atoms with Gasteiger partial charge in [0, 0.05) is 18.0 Å².